The smallest absolute Gasteiger partial charge is 0.151 e. The second-order valence-electron chi connectivity index (χ2n) is 3.21. The largest absolute Gasteiger partial charge is 0.251 e. The number of halogens is 5. The van der Waals surface area contributed by atoms with E-state index in [0.717, 1.165) is 6.07 Å². The third kappa shape index (κ3) is 1.69. The molecule has 6 heteroatoms. The summed E-state index contributed by atoms with van der Waals surface area (Å²) in [6.45, 7) is 1.62. The lowest BCUT2D eigenvalue weighted by molar-refractivity contribution is 0.580. The van der Waals surface area contributed by atoms with Gasteiger partial charge < -0.3 is 0 Å². The van der Waals surface area contributed by atoms with Crippen molar-refractivity contribution >= 4 is 50.0 Å². The topological polar surface area (TPSA) is 12.9 Å². The van der Waals surface area contributed by atoms with Crippen molar-refractivity contribution in [2.75, 3.05) is 0 Å². The molecule has 0 unspecified atom stereocenters. The van der Waals surface area contributed by atoms with E-state index in [2.05, 4.69) is 20.9 Å². The highest BCUT2D eigenvalue weighted by atomic mass is 79.9. The van der Waals surface area contributed by atoms with E-state index in [1.807, 2.05) is 0 Å². The lowest BCUT2D eigenvalue weighted by atomic mass is 10.2. The molecule has 0 N–H and O–H groups in total. The molecular formula is C10H4BrCl2F2N. The van der Waals surface area contributed by atoms with Crippen molar-refractivity contribution in [1.29, 1.82) is 0 Å². The molecular weight excluding hydrogens is 323 g/mol. The van der Waals surface area contributed by atoms with Crippen LogP contribution < -0.4 is 0 Å². The van der Waals surface area contributed by atoms with E-state index < -0.39 is 11.6 Å². The molecule has 2 rings (SSSR count). The van der Waals surface area contributed by atoms with Crippen molar-refractivity contribution < 1.29 is 8.78 Å². The van der Waals surface area contributed by atoms with Crippen LogP contribution in [0.15, 0.2) is 10.5 Å². The summed E-state index contributed by atoms with van der Waals surface area (Å²) in [6.07, 6.45) is 0. The first kappa shape index (κ1) is 12.0. The number of pyridine rings is 1. The predicted octanol–water partition coefficient (Wildman–Crippen LogP) is 4.89. The molecule has 0 atom stereocenters. The van der Waals surface area contributed by atoms with Gasteiger partial charge in [0.15, 0.2) is 5.82 Å². The Morgan fingerprint density at radius 2 is 1.88 bits per heavy atom. The van der Waals surface area contributed by atoms with Gasteiger partial charge in [-0.15, -0.1) is 0 Å². The minimum atomic E-state index is -0.797. The quantitative estimate of drug-likeness (QED) is 0.628. The van der Waals surface area contributed by atoms with Crippen LogP contribution >= 0.6 is 39.1 Å². The number of aryl methyl sites for hydroxylation is 1. The number of nitrogens with zero attached hydrogens (tertiary/aromatic N) is 1. The summed E-state index contributed by atoms with van der Waals surface area (Å²) in [4.78, 5) is 3.98. The van der Waals surface area contributed by atoms with E-state index in [-0.39, 0.29) is 25.4 Å². The third-order valence-corrected chi connectivity index (χ3v) is 3.82. The van der Waals surface area contributed by atoms with Crippen molar-refractivity contribution in [3.05, 3.63) is 37.9 Å². The number of benzene rings is 1. The summed E-state index contributed by atoms with van der Waals surface area (Å²) in [5.74, 6) is -1.52. The van der Waals surface area contributed by atoms with Gasteiger partial charge in [-0.1, -0.05) is 23.2 Å². The molecule has 0 aliphatic rings. The van der Waals surface area contributed by atoms with E-state index in [4.69, 9.17) is 23.2 Å². The number of hydrogen-bond acceptors (Lipinski definition) is 1. The zero-order chi connectivity index (χ0) is 12.0. The molecule has 84 valence electrons. The highest BCUT2D eigenvalue weighted by Gasteiger charge is 2.18. The standard InChI is InChI=1S/C10H4BrCl2F2N/c1-3-8(12)9(13)6-5(16-3)2-4(14)7(11)10(6)15/h2H,1H3. The normalized spacial score (nSPS) is 11.1. The molecule has 1 heterocycles. The first-order valence-electron chi connectivity index (χ1n) is 4.22. The Bertz CT molecular complexity index is 553. The van der Waals surface area contributed by atoms with Gasteiger partial charge in [0.25, 0.3) is 0 Å². The van der Waals surface area contributed by atoms with Crippen molar-refractivity contribution in [3.63, 3.8) is 0 Å². The summed E-state index contributed by atoms with van der Waals surface area (Å²) >= 11 is 14.6. The van der Waals surface area contributed by atoms with E-state index >= 15 is 0 Å². The zero-order valence-corrected chi connectivity index (χ0v) is 11.0. The van der Waals surface area contributed by atoms with Gasteiger partial charge >= 0.3 is 0 Å². The minimum absolute atomic E-state index is 0.0190. The van der Waals surface area contributed by atoms with Gasteiger partial charge in [-0.05, 0) is 22.9 Å². The molecule has 0 aliphatic heterocycles. The third-order valence-electron chi connectivity index (χ3n) is 2.16. The Morgan fingerprint density at radius 3 is 2.50 bits per heavy atom. The maximum absolute atomic E-state index is 13.8. The summed E-state index contributed by atoms with van der Waals surface area (Å²) in [5, 5.41) is 0.236. The highest BCUT2D eigenvalue weighted by molar-refractivity contribution is 9.10. The number of hydrogen-bond donors (Lipinski definition) is 0. The predicted molar refractivity (Wildman–Crippen MR) is 64.1 cm³/mol. The Morgan fingerprint density at radius 1 is 1.25 bits per heavy atom. The highest BCUT2D eigenvalue weighted by Crippen LogP contribution is 2.36. The number of fused-ring (bicyclic) bond motifs is 1. The van der Waals surface area contributed by atoms with Crippen LogP contribution in [0.3, 0.4) is 0 Å². The van der Waals surface area contributed by atoms with Crippen LogP contribution in [0.2, 0.25) is 10.0 Å². The molecule has 0 spiro atoms. The minimum Gasteiger partial charge on any atom is -0.251 e. The van der Waals surface area contributed by atoms with Crippen LogP contribution in [-0.2, 0) is 0 Å². The molecule has 1 nitrogen and oxygen atoms in total. The monoisotopic (exact) mass is 325 g/mol. The van der Waals surface area contributed by atoms with Gasteiger partial charge in [0.1, 0.15) is 5.82 Å². The Balaban J connectivity index is 3.03. The Kier molecular flexibility index (Phi) is 3.07. The van der Waals surface area contributed by atoms with E-state index in [1.54, 1.807) is 6.92 Å². The molecule has 0 fully saturated rings. The second kappa shape index (κ2) is 4.09. The fourth-order valence-corrected chi connectivity index (χ4v) is 2.14. The molecule has 0 aliphatic carbocycles. The van der Waals surface area contributed by atoms with Crippen molar-refractivity contribution in [1.82, 2.24) is 4.98 Å². The second-order valence-corrected chi connectivity index (χ2v) is 4.75. The van der Waals surface area contributed by atoms with Crippen molar-refractivity contribution in [2.45, 2.75) is 6.92 Å². The molecule has 1 aromatic heterocycles. The lowest BCUT2D eigenvalue weighted by Gasteiger charge is -2.08. The number of aromatic nitrogens is 1. The van der Waals surface area contributed by atoms with Gasteiger partial charge in [-0.25, -0.2) is 8.78 Å². The fourth-order valence-electron chi connectivity index (χ4n) is 1.38. The van der Waals surface area contributed by atoms with E-state index in [0.29, 0.717) is 5.69 Å². The first-order valence-corrected chi connectivity index (χ1v) is 5.77. The number of rotatable bonds is 0. The van der Waals surface area contributed by atoms with Crippen LogP contribution in [0.4, 0.5) is 8.78 Å². The average molecular weight is 327 g/mol. The van der Waals surface area contributed by atoms with Crippen LogP contribution in [0, 0.1) is 18.6 Å². The average Bonchev–Trinajstić information content (AvgIpc) is 2.23. The summed E-state index contributed by atoms with van der Waals surface area (Å²) in [6, 6.07) is 1.11. The molecule has 0 bridgehead atoms. The van der Waals surface area contributed by atoms with Gasteiger partial charge in [-0.2, -0.15) is 0 Å². The molecule has 0 saturated heterocycles. The van der Waals surface area contributed by atoms with Crippen LogP contribution in [-0.4, -0.2) is 4.98 Å². The van der Waals surface area contributed by atoms with Gasteiger partial charge in [0.2, 0.25) is 0 Å². The van der Waals surface area contributed by atoms with Crippen LogP contribution in [0.5, 0.6) is 0 Å². The fraction of sp³-hybridized carbons (Fsp3) is 0.100. The van der Waals surface area contributed by atoms with Crippen molar-refractivity contribution in [3.8, 4) is 0 Å². The maximum Gasteiger partial charge on any atom is 0.151 e. The molecule has 2 aromatic rings. The van der Waals surface area contributed by atoms with Crippen LogP contribution in [0.1, 0.15) is 5.69 Å². The Labute approximate surface area is 109 Å². The lowest BCUT2D eigenvalue weighted by Crippen LogP contribution is -1.94. The van der Waals surface area contributed by atoms with E-state index in [1.165, 1.54) is 0 Å². The SMILES string of the molecule is Cc1nc2cc(F)c(Br)c(F)c2c(Cl)c1Cl. The first-order chi connectivity index (χ1) is 7.43. The van der Waals surface area contributed by atoms with E-state index in [9.17, 15) is 8.78 Å². The molecule has 0 saturated carbocycles. The molecule has 1 aromatic carbocycles. The maximum atomic E-state index is 13.8. The van der Waals surface area contributed by atoms with Gasteiger partial charge in [0.05, 0.1) is 31.1 Å². The summed E-state index contributed by atoms with van der Waals surface area (Å²) in [7, 11) is 0. The molecule has 16 heavy (non-hydrogen) atoms. The van der Waals surface area contributed by atoms with Gasteiger partial charge in [0, 0.05) is 6.07 Å². The van der Waals surface area contributed by atoms with Crippen LogP contribution in [0.25, 0.3) is 10.9 Å². The molecule has 0 amide bonds. The summed E-state index contributed by atoms with van der Waals surface area (Å²) < 4.78 is 26.8. The summed E-state index contributed by atoms with van der Waals surface area (Å²) in [5.41, 5.74) is 0.574. The Hall–Kier alpha value is -0.450. The molecule has 0 radical (unpaired) electrons. The van der Waals surface area contributed by atoms with Crippen molar-refractivity contribution in [2.24, 2.45) is 0 Å². The van der Waals surface area contributed by atoms with Gasteiger partial charge in [-0.3, -0.25) is 4.98 Å². The zero-order valence-electron chi connectivity index (χ0n) is 7.91.